The third kappa shape index (κ3) is 9.68. The number of hydrogen-bond donors (Lipinski definition) is 0. The Morgan fingerprint density at radius 2 is 1.91 bits per heavy atom. The standard InChI is InChI=1S/C9H19NO2S.C8H6ClN.C8H9F/c1-3-4-7-13(11,12)10-6-5-9(2)8-10;1-6-2-3-7(5-10)8(9)4-6;1-2-7-5-3-4-6-8(7)9/h9H,3-8H2,1-2H3;2-4H,1H3;3-6H,2H2,1H3/t9-;;/m0../s1. The fourth-order valence-electron chi connectivity index (χ4n) is 3.10. The van der Waals surface area contributed by atoms with Crippen LogP contribution in [-0.4, -0.2) is 31.6 Å². The molecule has 0 radical (unpaired) electrons. The molecule has 4 nitrogen and oxygen atoms in total. The van der Waals surface area contributed by atoms with Gasteiger partial charge in [0.1, 0.15) is 11.9 Å². The summed E-state index contributed by atoms with van der Waals surface area (Å²) in [6.07, 6.45) is 3.52. The minimum Gasteiger partial charge on any atom is -0.212 e. The van der Waals surface area contributed by atoms with Crippen LogP contribution in [0.15, 0.2) is 42.5 Å². The highest BCUT2D eigenvalue weighted by Crippen LogP contribution is 2.19. The molecule has 32 heavy (non-hydrogen) atoms. The highest BCUT2D eigenvalue weighted by molar-refractivity contribution is 7.89. The topological polar surface area (TPSA) is 61.2 Å². The normalized spacial score (nSPS) is 15.7. The molecule has 0 aromatic heterocycles. The van der Waals surface area contributed by atoms with E-state index in [9.17, 15) is 12.8 Å². The minimum atomic E-state index is -2.92. The summed E-state index contributed by atoms with van der Waals surface area (Å²) < 4.78 is 37.6. The Balaban J connectivity index is 0.000000245. The number of nitriles is 1. The van der Waals surface area contributed by atoms with Crippen LogP contribution in [0.3, 0.4) is 0 Å². The van der Waals surface area contributed by atoms with Gasteiger partial charge in [0.15, 0.2) is 0 Å². The summed E-state index contributed by atoms with van der Waals surface area (Å²) in [5, 5.41) is 9.00. The predicted molar refractivity (Wildman–Crippen MR) is 131 cm³/mol. The molecule has 0 saturated carbocycles. The second-order valence-corrected chi connectivity index (χ2v) is 10.5. The number of unbranched alkanes of at least 4 members (excludes halogenated alkanes) is 1. The SMILES string of the molecule is CCCCS(=O)(=O)N1CC[C@H](C)C1.CCc1ccccc1F.Cc1ccc(C#N)c(Cl)c1. The lowest BCUT2D eigenvalue weighted by molar-refractivity contribution is 0.463. The Morgan fingerprint density at radius 3 is 2.38 bits per heavy atom. The van der Waals surface area contributed by atoms with E-state index >= 15 is 0 Å². The maximum absolute atomic E-state index is 12.6. The van der Waals surface area contributed by atoms with Gasteiger partial charge in [-0.25, -0.2) is 17.1 Å². The van der Waals surface area contributed by atoms with Gasteiger partial charge in [-0.1, -0.05) is 63.1 Å². The molecule has 2 aromatic carbocycles. The summed E-state index contributed by atoms with van der Waals surface area (Å²) in [7, 11) is -2.92. The van der Waals surface area contributed by atoms with Gasteiger partial charge in [-0.15, -0.1) is 0 Å². The molecule has 7 heteroatoms. The first-order chi connectivity index (χ1) is 15.1. The minimum absolute atomic E-state index is 0.0972. The van der Waals surface area contributed by atoms with E-state index in [1.807, 2.05) is 39.0 Å². The van der Waals surface area contributed by atoms with E-state index in [4.69, 9.17) is 16.9 Å². The van der Waals surface area contributed by atoms with Gasteiger partial charge in [0, 0.05) is 13.1 Å². The van der Waals surface area contributed by atoms with Crippen LogP contribution in [0.1, 0.15) is 56.7 Å². The summed E-state index contributed by atoms with van der Waals surface area (Å²) in [5.74, 6) is 0.771. The first-order valence-corrected chi connectivity index (χ1v) is 13.0. The number of hydrogen-bond acceptors (Lipinski definition) is 3. The smallest absolute Gasteiger partial charge is 0.212 e. The first-order valence-electron chi connectivity index (χ1n) is 11.0. The van der Waals surface area contributed by atoms with Crippen LogP contribution >= 0.6 is 11.6 Å². The highest BCUT2D eigenvalue weighted by Gasteiger charge is 2.28. The lowest BCUT2D eigenvalue weighted by Gasteiger charge is -2.15. The van der Waals surface area contributed by atoms with Crippen LogP contribution in [0.5, 0.6) is 0 Å². The Hall–Kier alpha value is -1.94. The molecule has 0 bridgehead atoms. The summed E-state index contributed by atoms with van der Waals surface area (Å²) >= 11 is 5.71. The van der Waals surface area contributed by atoms with Crippen LogP contribution in [-0.2, 0) is 16.4 Å². The lowest BCUT2D eigenvalue weighted by Crippen LogP contribution is -2.30. The largest absolute Gasteiger partial charge is 0.214 e. The second-order valence-electron chi connectivity index (χ2n) is 7.96. The Bertz CT molecular complexity index is 990. The van der Waals surface area contributed by atoms with Gasteiger partial charge < -0.3 is 0 Å². The number of rotatable bonds is 5. The van der Waals surface area contributed by atoms with Crippen molar-refractivity contribution in [1.82, 2.24) is 4.31 Å². The van der Waals surface area contributed by atoms with Crippen LogP contribution in [0.2, 0.25) is 5.02 Å². The summed E-state index contributed by atoms with van der Waals surface area (Å²) in [6.45, 7) is 9.46. The molecule has 1 aliphatic heterocycles. The van der Waals surface area contributed by atoms with E-state index < -0.39 is 10.0 Å². The van der Waals surface area contributed by atoms with E-state index in [1.165, 1.54) is 6.07 Å². The molecule has 1 atom stereocenters. The fourth-order valence-corrected chi connectivity index (χ4v) is 5.15. The monoisotopic (exact) mass is 480 g/mol. The van der Waals surface area contributed by atoms with Crippen molar-refractivity contribution in [3.8, 4) is 6.07 Å². The molecule has 0 spiro atoms. The molecule has 1 heterocycles. The van der Waals surface area contributed by atoms with Gasteiger partial charge in [-0.2, -0.15) is 5.26 Å². The molecule has 0 N–H and O–H groups in total. The third-order valence-corrected chi connectivity index (χ3v) is 7.36. The van der Waals surface area contributed by atoms with Crippen molar-refractivity contribution >= 4 is 21.6 Å². The van der Waals surface area contributed by atoms with Crippen molar-refractivity contribution in [2.45, 2.75) is 53.4 Å². The quantitative estimate of drug-likeness (QED) is 0.499. The number of halogens is 2. The summed E-state index contributed by atoms with van der Waals surface area (Å²) in [6, 6.07) is 14.2. The van der Waals surface area contributed by atoms with Gasteiger partial charge in [0.05, 0.1) is 16.3 Å². The molecule has 0 aliphatic carbocycles. The number of sulfonamides is 1. The Morgan fingerprint density at radius 1 is 1.22 bits per heavy atom. The van der Waals surface area contributed by atoms with Crippen molar-refractivity contribution in [2.24, 2.45) is 5.92 Å². The zero-order chi connectivity index (χ0) is 24.1. The van der Waals surface area contributed by atoms with E-state index in [1.54, 1.807) is 28.6 Å². The van der Waals surface area contributed by atoms with E-state index in [-0.39, 0.29) is 5.82 Å². The predicted octanol–water partition coefficient (Wildman–Crippen LogP) is 6.37. The van der Waals surface area contributed by atoms with Crippen molar-refractivity contribution in [1.29, 1.82) is 5.26 Å². The van der Waals surface area contributed by atoms with Gasteiger partial charge in [-0.3, -0.25) is 0 Å². The van der Waals surface area contributed by atoms with Crippen molar-refractivity contribution in [3.05, 3.63) is 70.0 Å². The van der Waals surface area contributed by atoms with Crippen molar-refractivity contribution in [2.75, 3.05) is 18.8 Å². The number of nitrogens with zero attached hydrogens (tertiary/aromatic N) is 2. The average molecular weight is 481 g/mol. The van der Waals surface area contributed by atoms with Crippen LogP contribution in [0, 0.1) is 30.0 Å². The highest BCUT2D eigenvalue weighted by atomic mass is 35.5. The molecule has 0 amide bonds. The zero-order valence-corrected chi connectivity index (χ0v) is 21.0. The third-order valence-electron chi connectivity index (χ3n) is 5.12. The van der Waals surface area contributed by atoms with Gasteiger partial charge in [0.2, 0.25) is 10.0 Å². The molecule has 0 unspecified atom stereocenters. The molecule has 176 valence electrons. The molecule has 3 rings (SSSR count). The van der Waals surface area contributed by atoms with E-state index in [2.05, 4.69) is 6.92 Å². The second kappa shape index (κ2) is 14.3. The van der Waals surface area contributed by atoms with Crippen molar-refractivity contribution < 1.29 is 12.8 Å². The molecule has 1 fully saturated rings. The summed E-state index contributed by atoms with van der Waals surface area (Å²) in [4.78, 5) is 0. The summed E-state index contributed by atoms with van der Waals surface area (Å²) in [5.41, 5.74) is 2.40. The van der Waals surface area contributed by atoms with Gasteiger partial charge in [0.25, 0.3) is 0 Å². The number of aryl methyl sites for hydroxylation is 2. The maximum atomic E-state index is 12.6. The van der Waals surface area contributed by atoms with Crippen LogP contribution in [0.4, 0.5) is 4.39 Å². The van der Waals surface area contributed by atoms with Crippen molar-refractivity contribution in [3.63, 3.8) is 0 Å². The zero-order valence-electron chi connectivity index (χ0n) is 19.4. The Labute approximate surface area is 198 Å². The van der Waals surface area contributed by atoms with E-state index in [0.29, 0.717) is 22.3 Å². The van der Waals surface area contributed by atoms with Crippen LogP contribution in [0.25, 0.3) is 0 Å². The molecule has 1 aliphatic rings. The number of benzene rings is 2. The van der Waals surface area contributed by atoms with Gasteiger partial charge >= 0.3 is 0 Å². The average Bonchev–Trinajstić information content (AvgIpc) is 3.21. The molecular formula is C25H34ClFN2O2S. The fraction of sp³-hybridized carbons (Fsp3) is 0.480. The molecular weight excluding hydrogens is 447 g/mol. The molecule has 1 saturated heterocycles. The first kappa shape index (κ1) is 28.1. The van der Waals surface area contributed by atoms with Gasteiger partial charge in [-0.05, 0) is 61.4 Å². The Kier molecular flexibility index (Phi) is 12.5. The van der Waals surface area contributed by atoms with E-state index in [0.717, 1.165) is 49.9 Å². The maximum Gasteiger partial charge on any atom is 0.214 e. The lowest BCUT2D eigenvalue weighted by atomic mass is 10.2. The van der Waals surface area contributed by atoms with Crippen LogP contribution < -0.4 is 0 Å². The molecule has 2 aromatic rings.